The van der Waals surface area contributed by atoms with Crippen molar-refractivity contribution in [2.24, 2.45) is 0 Å². The van der Waals surface area contributed by atoms with E-state index < -0.39 is 0 Å². The average Bonchev–Trinajstić information content (AvgIpc) is 2.36. The summed E-state index contributed by atoms with van der Waals surface area (Å²) in [5.41, 5.74) is 1.33. The monoisotopic (exact) mass is 236 g/mol. The van der Waals surface area contributed by atoms with Crippen molar-refractivity contribution in [1.29, 1.82) is 0 Å². The Morgan fingerprint density at radius 1 is 1.24 bits per heavy atom. The Kier molecular flexibility index (Phi) is 7.60. The second kappa shape index (κ2) is 9.14. The summed E-state index contributed by atoms with van der Waals surface area (Å²) in [6, 6.07) is 4.66. The Labute approximate surface area is 105 Å². The average molecular weight is 236 g/mol. The molecule has 1 aromatic rings. The normalized spacial score (nSPS) is 12.6. The second-order valence-electron chi connectivity index (χ2n) is 4.22. The molecule has 0 aliphatic carbocycles. The maximum Gasteiger partial charge on any atom is 0.0480 e. The second-order valence-corrected chi connectivity index (χ2v) is 4.22. The van der Waals surface area contributed by atoms with Crippen molar-refractivity contribution < 1.29 is 4.74 Å². The summed E-state index contributed by atoms with van der Waals surface area (Å²) in [5.74, 6) is 0. The molecule has 0 spiro atoms. The minimum atomic E-state index is 0.499. The Morgan fingerprint density at radius 3 is 2.65 bits per heavy atom. The minimum absolute atomic E-state index is 0.499. The van der Waals surface area contributed by atoms with Crippen LogP contribution in [-0.2, 0) is 11.2 Å². The van der Waals surface area contributed by atoms with Crippen molar-refractivity contribution in [3.8, 4) is 0 Å². The smallest absolute Gasteiger partial charge is 0.0480 e. The summed E-state index contributed by atoms with van der Waals surface area (Å²) in [6.45, 7) is 7.00. The molecule has 1 atom stereocenters. The van der Waals surface area contributed by atoms with Crippen LogP contribution in [0, 0.1) is 0 Å². The summed E-state index contributed by atoms with van der Waals surface area (Å²) in [7, 11) is 0. The van der Waals surface area contributed by atoms with Gasteiger partial charge in [0.25, 0.3) is 0 Å². The number of hydrogen-bond acceptors (Lipinski definition) is 3. The van der Waals surface area contributed by atoms with Crippen LogP contribution in [-0.4, -0.2) is 30.8 Å². The first-order valence-corrected chi connectivity index (χ1v) is 6.56. The summed E-state index contributed by atoms with van der Waals surface area (Å²) in [6.07, 6.45) is 6.91. The van der Waals surface area contributed by atoms with Gasteiger partial charge >= 0.3 is 0 Å². The topological polar surface area (TPSA) is 34.1 Å². The Bertz CT molecular complexity index is 277. The van der Waals surface area contributed by atoms with Crippen molar-refractivity contribution in [2.75, 3.05) is 19.8 Å². The third kappa shape index (κ3) is 6.39. The van der Waals surface area contributed by atoms with Gasteiger partial charge in [-0.15, -0.1) is 0 Å². The molecular weight excluding hydrogens is 212 g/mol. The fourth-order valence-corrected chi connectivity index (χ4v) is 1.84. The van der Waals surface area contributed by atoms with E-state index in [1.54, 1.807) is 0 Å². The number of rotatable bonds is 9. The number of pyridine rings is 1. The molecule has 3 heteroatoms. The first-order valence-electron chi connectivity index (χ1n) is 6.56. The van der Waals surface area contributed by atoms with Crippen molar-refractivity contribution in [2.45, 2.75) is 39.2 Å². The standard InChI is InChI=1S/C14H24N2O/c1-3-10-17-11-7-14(16-4-2)12-13-5-8-15-9-6-13/h5-6,8-9,14,16H,3-4,7,10-12H2,1-2H3. The zero-order chi connectivity index (χ0) is 12.3. The minimum Gasteiger partial charge on any atom is -0.381 e. The van der Waals surface area contributed by atoms with E-state index in [1.165, 1.54) is 5.56 Å². The van der Waals surface area contributed by atoms with E-state index in [0.717, 1.165) is 39.0 Å². The van der Waals surface area contributed by atoms with E-state index >= 15 is 0 Å². The lowest BCUT2D eigenvalue weighted by molar-refractivity contribution is 0.124. The number of nitrogens with zero attached hydrogens (tertiary/aromatic N) is 1. The molecule has 0 fully saturated rings. The van der Waals surface area contributed by atoms with Crippen LogP contribution in [0.4, 0.5) is 0 Å². The predicted octanol–water partition coefficient (Wildman–Crippen LogP) is 2.42. The molecule has 1 N–H and O–H groups in total. The van der Waals surface area contributed by atoms with Gasteiger partial charge in [-0.1, -0.05) is 13.8 Å². The molecule has 0 radical (unpaired) electrons. The zero-order valence-electron chi connectivity index (χ0n) is 11.0. The molecule has 0 saturated heterocycles. The Hall–Kier alpha value is -0.930. The van der Waals surface area contributed by atoms with Gasteiger partial charge in [0, 0.05) is 31.6 Å². The van der Waals surface area contributed by atoms with Crippen LogP contribution in [0.15, 0.2) is 24.5 Å². The van der Waals surface area contributed by atoms with E-state index in [-0.39, 0.29) is 0 Å². The molecule has 1 unspecified atom stereocenters. The molecule has 17 heavy (non-hydrogen) atoms. The molecular formula is C14H24N2O. The third-order valence-electron chi connectivity index (χ3n) is 2.68. The van der Waals surface area contributed by atoms with Crippen LogP contribution in [0.2, 0.25) is 0 Å². The van der Waals surface area contributed by atoms with Gasteiger partial charge in [-0.2, -0.15) is 0 Å². The molecule has 1 rings (SSSR count). The zero-order valence-corrected chi connectivity index (χ0v) is 11.0. The summed E-state index contributed by atoms with van der Waals surface area (Å²) < 4.78 is 5.54. The molecule has 1 aromatic heterocycles. The lowest BCUT2D eigenvalue weighted by Crippen LogP contribution is -2.32. The predicted molar refractivity (Wildman–Crippen MR) is 71.1 cm³/mol. The highest BCUT2D eigenvalue weighted by Crippen LogP contribution is 2.05. The highest BCUT2D eigenvalue weighted by atomic mass is 16.5. The van der Waals surface area contributed by atoms with E-state index in [1.807, 2.05) is 12.4 Å². The van der Waals surface area contributed by atoms with Crippen molar-refractivity contribution in [3.05, 3.63) is 30.1 Å². The number of aromatic nitrogens is 1. The van der Waals surface area contributed by atoms with Gasteiger partial charge in [-0.05, 0) is 43.5 Å². The lowest BCUT2D eigenvalue weighted by atomic mass is 10.0. The first kappa shape index (κ1) is 14.1. The van der Waals surface area contributed by atoms with Gasteiger partial charge < -0.3 is 10.1 Å². The third-order valence-corrected chi connectivity index (χ3v) is 2.68. The molecule has 0 bridgehead atoms. The number of nitrogens with one attached hydrogen (secondary N) is 1. The highest BCUT2D eigenvalue weighted by molar-refractivity contribution is 5.11. The maximum absolute atomic E-state index is 5.54. The van der Waals surface area contributed by atoms with Crippen LogP contribution >= 0.6 is 0 Å². The fourth-order valence-electron chi connectivity index (χ4n) is 1.84. The van der Waals surface area contributed by atoms with Gasteiger partial charge in [0.15, 0.2) is 0 Å². The molecule has 0 saturated carbocycles. The van der Waals surface area contributed by atoms with Crippen LogP contribution < -0.4 is 5.32 Å². The summed E-state index contributed by atoms with van der Waals surface area (Å²) >= 11 is 0. The van der Waals surface area contributed by atoms with Gasteiger partial charge in [-0.25, -0.2) is 0 Å². The van der Waals surface area contributed by atoms with Crippen LogP contribution in [0.25, 0.3) is 0 Å². The van der Waals surface area contributed by atoms with Crippen molar-refractivity contribution >= 4 is 0 Å². The highest BCUT2D eigenvalue weighted by Gasteiger charge is 2.07. The molecule has 96 valence electrons. The largest absolute Gasteiger partial charge is 0.381 e. The van der Waals surface area contributed by atoms with E-state index in [4.69, 9.17) is 4.74 Å². The lowest BCUT2D eigenvalue weighted by Gasteiger charge is -2.17. The number of hydrogen-bond donors (Lipinski definition) is 1. The molecule has 0 aliphatic rings. The maximum atomic E-state index is 5.54. The van der Waals surface area contributed by atoms with E-state index in [2.05, 4.69) is 36.3 Å². The summed E-state index contributed by atoms with van der Waals surface area (Å²) in [4.78, 5) is 4.04. The first-order chi connectivity index (χ1) is 8.36. The van der Waals surface area contributed by atoms with Gasteiger partial charge in [-0.3, -0.25) is 4.98 Å². The van der Waals surface area contributed by atoms with Crippen LogP contribution in [0.5, 0.6) is 0 Å². The van der Waals surface area contributed by atoms with Crippen molar-refractivity contribution in [1.82, 2.24) is 10.3 Å². The molecule has 3 nitrogen and oxygen atoms in total. The molecule has 0 aliphatic heterocycles. The van der Waals surface area contributed by atoms with Crippen LogP contribution in [0.3, 0.4) is 0 Å². The Morgan fingerprint density at radius 2 is 2.00 bits per heavy atom. The molecule has 0 aromatic carbocycles. The SMILES string of the molecule is CCCOCCC(Cc1ccncc1)NCC. The van der Waals surface area contributed by atoms with Crippen LogP contribution in [0.1, 0.15) is 32.3 Å². The molecule has 1 heterocycles. The van der Waals surface area contributed by atoms with E-state index in [9.17, 15) is 0 Å². The van der Waals surface area contributed by atoms with Gasteiger partial charge in [0.05, 0.1) is 0 Å². The van der Waals surface area contributed by atoms with Gasteiger partial charge in [0.1, 0.15) is 0 Å². The fraction of sp³-hybridized carbons (Fsp3) is 0.643. The van der Waals surface area contributed by atoms with Gasteiger partial charge in [0.2, 0.25) is 0 Å². The number of likely N-dealkylation sites (N-methyl/N-ethyl adjacent to an activating group) is 1. The van der Waals surface area contributed by atoms with Crippen molar-refractivity contribution in [3.63, 3.8) is 0 Å². The Balaban J connectivity index is 2.32. The summed E-state index contributed by atoms with van der Waals surface area (Å²) in [5, 5.41) is 3.51. The number of ether oxygens (including phenoxy) is 1. The van der Waals surface area contributed by atoms with E-state index in [0.29, 0.717) is 6.04 Å². The molecule has 0 amide bonds. The quantitative estimate of drug-likeness (QED) is 0.669.